The molecule has 0 unspecified atom stereocenters. The monoisotopic (exact) mass is 432 g/mol. The van der Waals surface area contributed by atoms with Gasteiger partial charge < -0.3 is 11.1 Å². The summed E-state index contributed by atoms with van der Waals surface area (Å²) in [6.45, 7) is 1.63. The van der Waals surface area contributed by atoms with Gasteiger partial charge in [0.1, 0.15) is 0 Å². The van der Waals surface area contributed by atoms with E-state index < -0.39 is 0 Å². The number of urea groups is 1. The van der Waals surface area contributed by atoms with Crippen molar-refractivity contribution in [2.45, 2.75) is 56.0 Å². The summed E-state index contributed by atoms with van der Waals surface area (Å²) in [5, 5.41) is 5.79. The number of rotatable bonds is 4. The van der Waals surface area contributed by atoms with E-state index in [2.05, 4.69) is 27.7 Å². The molecule has 4 N–H and O–H groups in total. The molecule has 0 spiro atoms. The minimum absolute atomic E-state index is 0. The lowest BCUT2D eigenvalue weighted by atomic mass is 9.53. The highest BCUT2D eigenvalue weighted by Gasteiger charge is 2.51. The Morgan fingerprint density at radius 3 is 2.20 bits per heavy atom. The third-order valence-electron chi connectivity index (χ3n) is 7.71. The average molecular weight is 433 g/mol. The van der Waals surface area contributed by atoms with Gasteiger partial charge in [-0.05, 0) is 61.8 Å². The number of nitrogens with zero attached hydrogens (tertiary/aromatic N) is 1. The summed E-state index contributed by atoms with van der Waals surface area (Å²) in [7, 11) is 0. The van der Waals surface area contributed by atoms with Crippen LogP contribution in [0.15, 0.2) is 30.3 Å². The fraction of sp³-hybridized carbons (Fsp3) is 0.652. The number of likely N-dealkylation sites (tertiary alicyclic amines) is 1. The van der Waals surface area contributed by atoms with Crippen LogP contribution in [0.25, 0.3) is 0 Å². The largest absolute Gasteiger partial charge is 0.332 e. The quantitative estimate of drug-likeness (QED) is 0.682. The van der Waals surface area contributed by atoms with Crippen molar-refractivity contribution in [3.05, 3.63) is 35.9 Å². The van der Waals surface area contributed by atoms with Crippen LogP contribution in [-0.2, 0) is 4.79 Å². The topological polar surface area (TPSA) is 87.5 Å². The molecule has 6 rings (SSSR count). The molecule has 0 radical (unpaired) electrons. The molecule has 4 saturated carbocycles. The van der Waals surface area contributed by atoms with E-state index in [1.165, 1.54) is 24.8 Å². The number of halogens is 1. The van der Waals surface area contributed by atoms with Crippen LogP contribution >= 0.6 is 12.4 Å². The fourth-order valence-corrected chi connectivity index (χ4v) is 7.00. The van der Waals surface area contributed by atoms with Crippen LogP contribution in [0.5, 0.6) is 0 Å². The van der Waals surface area contributed by atoms with Crippen molar-refractivity contribution in [2.75, 3.05) is 19.6 Å². The number of hydrogen-bond donors (Lipinski definition) is 3. The number of hydrogen-bond acceptors (Lipinski definition) is 4. The molecule has 5 fully saturated rings. The fourth-order valence-electron chi connectivity index (χ4n) is 7.00. The maximum absolute atomic E-state index is 12.6. The highest BCUT2D eigenvalue weighted by atomic mass is 35.5. The maximum Gasteiger partial charge on any atom is 0.321 e. The molecule has 1 heterocycles. The SMILES string of the molecule is Cl.N[C@@H]1CN(CC(=O)NC(=O)NC23CC4CC(CC(C4)C2)C3)C[C@H]1c1ccccc1. The molecule has 30 heavy (non-hydrogen) atoms. The summed E-state index contributed by atoms with van der Waals surface area (Å²) in [5.74, 6) is 2.27. The summed E-state index contributed by atoms with van der Waals surface area (Å²) in [5.41, 5.74) is 7.46. The minimum Gasteiger partial charge on any atom is -0.332 e. The van der Waals surface area contributed by atoms with Crippen molar-refractivity contribution < 1.29 is 9.59 Å². The number of carbonyl (C=O) groups excluding carboxylic acids is 2. The molecule has 0 aromatic heterocycles. The normalized spacial score (nSPS) is 36.9. The van der Waals surface area contributed by atoms with Crippen molar-refractivity contribution in [1.82, 2.24) is 15.5 Å². The number of carbonyl (C=O) groups is 2. The Kier molecular flexibility index (Phi) is 6.11. The minimum atomic E-state index is -0.319. The lowest BCUT2D eigenvalue weighted by Crippen LogP contribution is -2.62. The van der Waals surface area contributed by atoms with E-state index in [1.807, 2.05) is 18.2 Å². The third kappa shape index (κ3) is 4.36. The number of nitrogens with two attached hydrogens (primary N) is 1. The summed E-state index contributed by atoms with van der Waals surface area (Å²) < 4.78 is 0. The van der Waals surface area contributed by atoms with Crippen molar-refractivity contribution in [1.29, 1.82) is 0 Å². The van der Waals surface area contributed by atoms with E-state index in [1.54, 1.807) is 0 Å². The van der Waals surface area contributed by atoms with Crippen LogP contribution < -0.4 is 16.4 Å². The second kappa shape index (κ2) is 8.48. The van der Waals surface area contributed by atoms with Crippen molar-refractivity contribution >= 4 is 24.3 Å². The van der Waals surface area contributed by atoms with Crippen molar-refractivity contribution in [3.8, 4) is 0 Å². The van der Waals surface area contributed by atoms with Gasteiger partial charge in [0.2, 0.25) is 5.91 Å². The Bertz CT molecular complexity index is 751. The van der Waals surface area contributed by atoms with Gasteiger partial charge in [-0.15, -0.1) is 12.4 Å². The van der Waals surface area contributed by atoms with Gasteiger partial charge in [0.05, 0.1) is 6.54 Å². The van der Waals surface area contributed by atoms with Gasteiger partial charge in [-0.25, -0.2) is 4.79 Å². The zero-order valence-corrected chi connectivity index (χ0v) is 18.2. The standard InChI is InChI=1S/C23H32N4O2.ClH/c24-20-13-27(12-19(20)18-4-2-1-3-5-18)14-21(28)25-22(29)26-23-9-15-6-16(10-23)8-17(7-15)11-23;/h1-5,15-17,19-20H,6-14,24H2,(H2,25,26,28,29);1H/t15?,16?,17?,19-,20+,23?;/m0./s1. The van der Waals surface area contributed by atoms with Gasteiger partial charge >= 0.3 is 6.03 Å². The Balaban J connectivity index is 0.00000218. The molecule has 1 saturated heterocycles. The Morgan fingerprint density at radius 1 is 1.00 bits per heavy atom. The predicted octanol–water partition coefficient (Wildman–Crippen LogP) is 2.63. The first-order chi connectivity index (χ1) is 14.0. The predicted molar refractivity (Wildman–Crippen MR) is 118 cm³/mol. The zero-order valence-electron chi connectivity index (χ0n) is 17.4. The molecule has 6 nitrogen and oxygen atoms in total. The Hall–Kier alpha value is -1.63. The van der Waals surface area contributed by atoms with Crippen LogP contribution in [0.3, 0.4) is 0 Å². The molecule has 5 aliphatic rings. The first-order valence-electron chi connectivity index (χ1n) is 11.1. The average Bonchev–Trinajstić information content (AvgIpc) is 3.00. The third-order valence-corrected chi connectivity index (χ3v) is 7.71. The van der Waals surface area contributed by atoms with Gasteiger partial charge in [-0.1, -0.05) is 30.3 Å². The van der Waals surface area contributed by atoms with Crippen LogP contribution in [0.4, 0.5) is 4.79 Å². The Morgan fingerprint density at radius 2 is 1.60 bits per heavy atom. The van der Waals surface area contributed by atoms with E-state index in [9.17, 15) is 9.59 Å². The molecule has 1 aromatic rings. The second-order valence-electron chi connectivity index (χ2n) is 10.1. The number of nitrogens with one attached hydrogen (secondary N) is 2. The van der Waals surface area contributed by atoms with Crippen molar-refractivity contribution in [3.63, 3.8) is 0 Å². The van der Waals surface area contributed by atoms with E-state index >= 15 is 0 Å². The van der Waals surface area contributed by atoms with Crippen LogP contribution in [0.1, 0.15) is 50.0 Å². The van der Waals surface area contributed by atoms with E-state index in [0.717, 1.165) is 43.6 Å². The van der Waals surface area contributed by atoms with Crippen LogP contribution in [0.2, 0.25) is 0 Å². The van der Waals surface area contributed by atoms with E-state index in [-0.39, 0.29) is 48.4 Å². The molecular weight excluding hydrogens is 400 g/mol. The molecule has 3 amide bonds. The molecule has 164 valence electrons. The van der Waals surface area contributed by atoms with Gasteiger partial charge in [0, 0.05) is 30.6 Å². The number of imide groups is 1. The molecule has 4 bridgehead atoms. The molecular formula is C23H33ClN4O2. The van der Waals surface area contributed by atoms with Gasteiger partial charge in [0.25, 0.3) is 0 Å². The summed E-state index contributed by atoms with van der Waals surface area (Å²) in [6, 6.07) is 9.90. The van der Waals surface area contributed by atoms with Gasteiger partial charge in [0.15, 0.2) is 0 Å². The van der Waals surface area contributed by atoms with Gasteiger partial charge in [-0.2, -0.15) is 0 Å². The summed E-state index contributed by atoms with van der Waals surface area (Å²) in [4.78, 5) is 27.1. The highest BCUT2D eigenvalue weighted by molar-refractivity contribution is 5.95. The zero-order chi connectivity index (χ0) is 20.0. The molecule has 7 heteroatoms. The molecule has 1 aliphatic heterocycles. The van der Waals surface area contributed by atoms with E-state index in [4.69, 9.17) is 5.73 Å². The number of benzene rings is 1. The first kappa shape index (κ1) is 21.6. The van der Waals surface area contributed by atoms with Gasteiger partial charge in [-0.3, -0.25) is 15.0 Å². The molecule has 1 aromatic carbocycles. The number of amides is 3. The lowest BCUT2D eigenvalue weighted by Gasteiger charge is -2.56. The molecule has 2 atom stereocenters. The van der Waals surface area contributed by atoms with Crippen LogP contribution in [-0.4, -0.2) is 48.1 Å². The Labute approximate surface area is 184 Å². The maximum atomic E-state index is 12.6. The lowest BCUT2D eigenvalue weighted by molar-refractivity contribution is -0.121. The smallest absolute Gasteiger partial charge is 0.321 e. The molecule has 4 aliphatic carbocycles. The first-order valence-corrected chi connectivity index (χ1v) is 11.1. The summed E-state index contributed by atoms with van der Waals surface area (Å²) >= 11 is 0. The van der Waals surface area contributed by atoms with Crippen molar-refractivity contribution in [2.24, 2.45) is 23.5 Å². The highest BCUT2D eigenvalue weighted by Crippen LogP contribution is 2.55. The van der Waals surface area contributed by atoms with E-state index in [0.29, 0.717) is 6.54 Å². The summed E-state index contributed by atoms with van der Waals surface area (Å²) in [6.07, 6.45) is 7.25. The van der Waals surface area contributed by atoms with Crippen LogP contribution in [0, 0.1) is 17.8 Å². The second-order valence-corrected chi connectivity index (χ2v) is 10.1.